The number of benzene rings is 2. The molecule has 106 valence electrons. The van der Waals surface area contributed by atoms with Gasteiger partial charge in [-0.3, -0.25) is 0 Å². The SMILES string of the molecule is Cc1ccc(-c2nc(Nc3ccc(Br)cc3)sc2C)cc1. The van der Waals surface area contributed by atoms with Gasteiger partial charge < -0.3 is 5.32 Å². The Morgan fingerprint density at radius 2 is 1.62 bits per heavy atom. The summed E-state index contributed by atoms with van der Waals surface area (Å²) >= 11 is 5.12. The summed E-state index contributed by atoms with van der Waals surface area (Å²) in [5, 5.41) is 4.28. The maximum atomic E-state index is 4.72. The Hall–Kier alpha value is -1.65. The number of nitrogens with zero attached hydrogens (tertiary/aromatic N) is 1. The number of aryl methyl sites for hydroxylation is 2. The molecule has 0 unspecified atom stereocenters. The van der Waals surface area contributed by atoms with Gasteiger partial charge in [0.15, 0.2) is 5.13 Å². The van der Waals surface area contributed by atoms with Gasteiger partial charge in [-0.25, -0.2) is 4.98 Å². The third kappa shape index (κ3) is 3.34. The first-order chi connectivity index (χ1) is 10.1. The highest BCUT2D eigenvalue weighted by Gasteiger charge is 2.09. The van der Waals surface area contributed by atoms with Crippen molar-refractivity contribution in [2.75, 3.05) is 5.32 Å². The number of rotatable bonds is 3. The van der Waals surface area contributed by atoms with E-state index in [9.17, 15) is 0 Å². The average Bonchev–Trinajstić information content (AvgIpc) is 2.83. The number of hydrogen-bond donors (Lipinski definition) is 1. The van der Waals surface area contributed by atoms with Crippen LogP contribution in [0.4, 0.5) is 10.8 Å². The topological polar surface area (TPSA) is 24.9 Å². The highest BCUT2D eigenvalue weighted by Crippen LogP contribution is 2.32. The molecule has 0 saturated carbocycles. The van der Waals surface area contributed by atoms with Gasteiger partial charge in [0.1, 0.15) is 0 Å². The van der Waals surface area contributed by atoms with Crippen molar-refractivity contribution < 1.29 is 0 Å². The van der Waals surface area contributed by atoms with Crippen LogP contribution in [0.5, 0.6) is 0 Å². The van der Waals surface area contributed by atoms with E-state index >= 15 is 0 Å². The molecule has 0 atom stereocenters. The molecule has 1 heterocycles. The maximum absolute atomic E-state index is 4.72. The Morgan fingerprint density at radius 1 is 0.952 bits per heavy atom. The molecule has 3 aromatic rings. The van der Waals surface area contributed by atoms with E-state index in [4.69, 9.17) is 4.98 Å². The van der Waals surface area contributed by atoms with Crippen molar-refractivity contribution in [3.63, 3.8) is 0 Å². The lowest BCUT2D eigenvalue weighted by atomic mass is 10.1. The highest BCUT2D eigenvalue weighted by atomic mass is 79.9. The molecule has 3 rings (SSSR count). The number of anilines is 2. The molecule has 0 aliphatic heterocycles. The second-order valence-corrected chi connectivity index (χ2v) is 7.04. The molecule has 1 aromatic heterocycles. The lowest BCUT2D eigenvalue weighted by Crippen LogP contribution is -1.89. The molecule has 21 heavy (non-hydrogen) atoms. The minimum Gasteiger partial charge on any atom is -0.332 e. The second kappa shape index (κ2) is 6.00. The zero-order chi connectivity index (χ0) is 14.8. The van der Waals surface area contributed by atoms with E-state index < -0.39 is 0 Å². The van der Waals surface area contributed by atoms with Gasteiger partial charge in [-0.2, -0.15) is 0 Å². The van der Waals surface area contributed by atoms with Crippen LogP contribution < -0.4 is 5.32 Å². The van der Waals surface area contributed by atoms with Crippen LogP contribution in [0, 0.1) is 13.8 Å². The van der Waals surface area contributed by atoms with E-state index in [0.717, 1.165) is 21.0 Å². The number of aromatic nitrogens is 1. The number of nitrogens with one attached hydrogen (secondary N) is 1. The van der Waals surface area contributed by atoms with Crippen molar-refractivity contribution in [2.24, 2.45) is 0 Å². The summed E-state index contributed by atoms with van der Waals surface area (Å²) < 4.78 is 1.07. The quantitative estimate of drug-likeness (QED) is 0.627. The summed E-state index contributed by atoms with van der Waals surface area (Å²) in [5.74, 6) is 0. The molecular formula is C17H15BrN2S. The van der Waals surface area contributed by atoms with E-state index in [2.05, 4.69) is 59.4 Å². The molecule has 0 fully saturated rings. The first-order valence-electron chi connectivity index (χ1n) is 6.69. The normalized spacial score (nSPS) is 10.6. The third-order valence-corrected chi connectivity index (χ3v) is 4.63. The van der Waals surface area contributed by atoms with Crippen molar-refractivity contribution in [1.82, 2.24) is 4.98 Å². The maximum Gasteiger partial charge on any atom is 0.187 e. The second-order valence-electron chi connectivity index (χ2n) is 4.92. The largest absolute Gasteiger partial charge is 0.332 e. The van der Waals surface area contributed by atoms with Crippen molar-refractivity contribution in [2.45, 2.75) is 13.8 Å². The Kier molecular flexibility index (Phi) is 4.08. The molecule has 2 aromatic carbocycles. The van der Waals surface area contributed by atoms with Gasteiger partial charge in [-0.1, -0.05) is 45.8 Å². The first kappa shape index (κ1) is 14.3. The van der Waals surface area contributed by atoms with Crippen LogP contribution in [0.15, 0.2) is 53.0 Å². The average molecular weight is 359 g/mol. The molecule has 0 spiro atoms. The van der Waals surface area contributed by atoms with Gasteiger partial charge in [-0.05, 0) is 38.1 Å². The van der Waals surface area contributed by atoms with Gasteiger partial charge in [-0.15, -0.1) is 11.3 Å². The fraction of sp³-hybridized carbons (Fsp3) is 0.118. The zero-order valence-corrected chi connectivity index (χ0v) is 14.3. The van der Waals surface area contributed by atoms with Crippen molar-refractivity contribution in [3.8, 4) is 11.3 Å². The van der Waals surface area contributed by atoms with Crippen LogP contribution in [0.3, 0.4) is 0 Å². The minimum atomic E-state index is 0.922. The van der Waals surface area contributed by atoms with Crippen LogP contribution >= 0.6 is 27.3 Å². The highest BCUT2D eigenvalue weighted by molar-refractivity contribution is 9.10. The van der Waals surface area contributed by atoms with Crippen LogP contribution in [0.2, 0.25) is 0 Å². The summed E-state index contributed by atoms with van der Waals surface area (Å²) in [6, 6.07) is 16.6. The number of thiazole rings is 1. The van der Waals surface area contributed by atoms with Crippen molar-refractivity contribution in [1.29, 1.82) is 0 Å². The lowest BCUT2D eigenvalue weighted by Gasteiger charge is -2.02. The molecule has 0 aliphatic carbocycles. The summed E-state index contributed by atoms with van der Waals surface area (Å²) in [7, 11) is 0. The fourth-order valence-electron chi connectivity index (χ4n) is 2.09. The van der Waals surface area contributed by atoms with Crippen LogP contribution in [-0.4, -0.2) is 4.98 Å². The Bertz CT molecular complexity index is 745. The standard InChI is InChI=1S/C17H15BrN2S/c1-11-3-5-13(6-4-11)16-12(2)21-17(20-16)19-15-9-7-14(18)8-10-15/h3-10H,1-2H3,(H,19,20). The summed E-state index contributed by atoms with van der Waals surface area (Å²) in [6.07, 6.45) is 0. The van der Waals surface area contributed by atoms with Gasteiger partial charge in [0.05, 0.1) is 5.69 Å². The molecule has 0 bridgehead atoms. The van der Waals surface area contributed by atoms with Crippen LogP contribution in [-0.2, 0) is 0 Å². The molecule has 1 N–H and O–H groups in total. The Morgan fingerprint density at radius 3 is 2.29 bits per heavy atom. The minimum absolute atomic E-state index is 0.922. The third-order valence-electron chi connectivity index (χ3n) is 3.22. The Balaban J connectivity index is 1.87. The monoisotopic (exact) mass is 358 g/mol. The number of hydrogen-bond acceptors (Lipinski definition) is 3. The van der Waals surface area contributed by atoms with E-state index in [0.29, 0.717) is 0 Å². The molecule has 0 amide bonds. The van der Waals surface area contributed by atoms with Crippen LogP contribution in [0.1, 0.15) is 10.4 Å². The van der Waals surface area contributed by atoms with Gasteiger partial charge in [0.2, 0.25) is 0 Å². The first-order valence-corrected chi connectivity index (χ1v) is 8.30. The molecule has 2 nitrogen and oxygen atoms in total. The van der Waals surface area contributed by atoms with Gasteiger partial charge in [0.25, 0.3) is 0 Å². The molecule has 0 saturated heterocycles. The number of halogens is 1. The summed E-state index contributed by atoms with van der Waals surface area (Å²) in [6.45, 7) is 4.21. The van der Waals surface area contributed by atoms with E-state index in [1.807, 2.05) is 24.3 Å². The summed E-state index contributed by atoms with van der Waals surface area (Å²) in [5.41, 5.74) is 4.53. The van der Waals surface area contributed by atoms with Gasteiger partial charge in [0, 0.05) is 20.6 Å². The van der Waals surface area contributed by atoms with Crippen molar-refractivity contribution >= 4 is 38.1 Å². The van der Waals surface area contributed by atoms with Crippen molar-refractivity contribution in [3.05, 3.63) is 63.4 Å². The fourth-order valence-corrected chi connectivity index (χ4v) is 3.21. The van der Waals surface area contributed by atoms with E-state index in [1.165, 1.54) is 16.0 Å². The van der Waals surface area contributed by atoms with Gasteiger partial charge >= 0.3 is 0 Å². The summed E-state index contributed by atoms with van der Waals surface area (Å²) in [4.78, 5) is 5.94. The molecule has 0 radical (unpaired) electrons. The Labute approximate surface area is 137 Å². The predicted molar refractivity (Wildman–Crippen MR) is 94.4 cm³/mol. The molecule has 0 aliphatic rings. The molecule has 4 heteroatoms. The zero-order valence-electron chi connectivity index (χ0n) is 11.9. The van der Waals surface area contributed by atoms with Crippen LogP contribution in [0.25, 0.3) is 11.3 Å². The predicted octanol–water partition coefficient (Wildman–Crippen LogP) is 5.93. The van der Waals surface area contributed by atoms with E-state index in [-0.39, 0.29) is 0 Å². The van der Waals surface area contributed by atoms with E-state index in [1.54, 1.807) is 11.3 Å². The smallest absolute Gasteiger partial charge is 0.187 e. The molecular weight excluding hydrogens is 344 g/mol. The lowest BCUT2D eigenvalue weighted by molar-refractivity contribution is 1.35.